The van der Waals surface area contributed by atoms with Crippen LogP contribution in [0.5, 0.6) is 0 Å². The zero-order valence-electron chi connectivity index (χ0n) is 8.92. The number of hydrogen-bond donors (Lipinski definition) is 2. The number of thiazole rings is 1. The maximum Gasteiger partial charge on any atom is 0.0795 e. The van der Waals surface area contributed by atoms with Gasteiger partial charge in [-0.25, -0.2) is 4.98 Å². The highest BCUT2D eigenvalue weighted by Gasteiger charge is 2.15. The summed E-state index contributed by atoms with van der Waals surface area (Å²) in [5, 5.41) is 5.39. The van der Waals surface area contributed by atoms with E-state index in [1.54, 1.807) is 11.3 Å². The van der Waals surface area contributed by atoms with Crippen LogP contribution < -0.4 is 11.1 Å². The van der Waals surface area contributed by atoms with Gasteiger partial charge in [0.1, 0.15) is 0 Å². The predicted octanol–water partition coefficient (Wildman–Crippen LogP) is 1.75. The minimum Gasteiger partial charge on any atom is -0.324 e. The smallest absolute Gasteiger partial charge is 0.0795 e. The summed E-state index contributed by atoms with van der Waals surface area (Å²) in [4.78, 5) is 4.20. The molecule has 0 aliphatic rings. The van der Waals surface area contributed by atoms with Gasteiger partial charge >= 0.3 is 0 Å². The number of nitrogens with two attached hydrogens (primary N) is 1. The molecule has 0 amide bonds. The lowest BCUT2D eigenvalue weighted by atomic mass is 9.98. The van der Waals surface area contributed by atoms with Gasteiger partial charge in [0.25, 0.3) is 0 Å². The zero-order chi connectivity index (χ0) is 10.4. The minimum absolute atomic E-state index is 0.0925. The van der Waals surface area contributed by atoms with E-state index in [9.17, 15) is 0 Å². The molecule has 80 valence electrons. The van der Waals surface area contributed by atoms with Gasteiger partial charge in [-0.2, -0.15) is 0 Å². The van der Waals surface area contributed by atoms with Crippen molar-refractivity contribution >= 4 is 11.3 Å². The van der Waals surface area contributed by atoms with Crippen molar-refractivity contribution in [2.24, 2.45) is 5.73 Å². The molecule has 0 saturated carbocycles. The normalized spacial score (nSPS) is 15.4. The lowest BCUT2D eigenvalue weighted by Crippen LogP contribution is -2.45. The number of nitrogens with one attached hydrogen (secondary N) is 1. The number of hydrogen-bond acceptors (Lipinski definition) is 4. The standard InChI is InChI=1S/C10H19N3S/c1-3-4-10(2,11)7-12-5-9-6-14-8-13-9/h6,8,12H,3-5,7,11H2,1-2H3. The Labute approximate surface area is 89.7 Å². The van der Waals surface area contributed by atoms with Gasteiger partial charge in [-0.1, -0.05) is 13.3 Å². The molecule has 1 rings (SSSR count). The van der Waals surface area contributed by atoms with Gasteiger partial charge in [-0.15, -0.1) is 11.3 Å². The molecule has 3 N–H and O–H groups in total. The SMILES string of the molecule is CCCC(C)(N)CNCc1cscn1. The first kappa shape index (κ1) is 11.6. The first-order valence-electron chi connectivity index (χ1n) is 5.01. The van der Waals surface area contributed by atoms with Crippen molar-refractivity contribution in [2.45, 2.75) is 38.8 Å². The Balaban J connectivity index is 2.20. The molecule has 1 aromatic rings. The average molecular weight is 213 g/mol. The minimum atomic E-state index is -0.0925. The maximum absolute atomic E-state index is 6.09. The van der Waals surface area contributed by atoms with Crippen LogP contribution in [0.4, 0.5) is 0 Å². The van der Waals surface area contributed by atoms with Gasteiger partial charge in [0.2, 0.25) is 0 Å². The predicted molar refractivity (Wildman–Crippen MR) is 61.3 cm³/mol. The van der Waals surface area contributed by atoms with Crippen LogP contribution in [0.3, 0.4) is 0 Å². The molecule has 0 spiro atoms. The number of aromatic nitrogens is 1. The molecule has 0 aliphatic carbocycles. The van der Waals surface area contributed by atoms with Crippen molar-refractivity contribution in [3.63, 3.8) is 0 Å². The second-order valence-electron chi connectivity index (χ2n) is 3.99. The highest BCUT2D eigenvalue weighted by atomic mass is 32.1. The summed E-state index contributed by atoms with van der Waals surface area (Å²) < 4.78 is 0. The fourth-order valence-corrected chi connectivity index (χ4v) is 2.02. The second kappa shape index (κ2) is 5.44. The van der Waals surface area contributed by atoms with Gasteiger partial charge in [0.05, 0.1) is 11.2 Å². The molecule has 1 heterocycles. The Morgan fingerprint density at radius 3 is 3.00 bits per heavy atom. The molecule has 0 fully saturated rings. The third-order valence-electron chi connectivity index (χ3n) is 2.14. The van der Waals surface area contributed by atoms with E-state index < -0.39 is 0 Å². The van der Waals surface area contributed by atoms with Crippen molar-refractivity contribution in [3.8, 4) is 0 Å². The van der Waals surface area contributed by atoms with Crippen LogP contribution in [0, 0.1) is 0 Å². The molecule has 4 heteroatoms. The Bertz CT molecular complexity index is 244. The molecule has 0 aliphatic heterocycles. The summed E-state index contributed by atoms with van der Waals surface area (Å²) in [5.41, 5.74) is 8.95. The molecule has 0 bridgehead atoms. The van der Waals surface area contributed by atoms with Gasteiger partial charge in [0, 0.05) is 24.0 Å². The Kier molecular flexibility index (Phi) is 4.51. The first-order valence-corrected chi connectivity index (χ1v) is 5.95. The van der Waals surface area contributed by atoms with Crippen LogP contribution in [0.25, 0.3) is 0 Å². The molecule has 0 aromatic carbocycles. The molecule has 0 saturated heterocycles. The van der Waals surface area contributed by atoms with Gasteiger partial charge in [-0.05, 0) is 13.3 Å². The average Bonchev–Trinajstić information content (AvgIpc) is 2.56. The molecule has 1 unspecified atom stereocenters. The van der Waals surface area contributed by atoms with E-state index in [0.29, 0.717) is 0 Å². The van der Waals surface area contributed by atoms with E-state index in [4.69, 9.17) is 5.73 Å². The summed E-state index contributed by atoms with van der Waals surface area (Å²) in [7, 11) is 0. The lowest BCUT2D eigenvalue weighted by molar-refractivity contribution is 0.395. The summed E-state index contributed by atoms with van der Waals surface area (Å²) in [5.74, 6) is 0. The van der Waals surface area contributed by atoms with Crippen LogP contribution >= 0.6 is 11.3 Å². The molecule has 0 radical (unpaired) electrons. The van der Waals surface area contributed by atoms with Crippen LogP contribution in [0.2, 0.25) is 0 Å². The van der Waals surface area contributed by atoms with Gasteiger partial charge < -0.3 is 11.1 Å². The van der Waals surface area contributed by atoms with Crippen molar-refractivity contribution in [3.05, 3.63) is 16.6 Å². The highest BCUT2D eigenvalue weighted by molar-refractivity contribution is 7.07. The van der Waals surface area contributed by atoms with Gasteiger partial charge in [-0.3, -0.25) is 0 Å². The van der Waals surface area contributed by atoms with Crippen molar-refractivity contribution in [1.29, 1.82) is 0 Å². The Morgan fingerprint density at radius 1 is 1.64 bits per heavy atom. The topological polar surface area (TPSA) is 50.9 Å². The summed E-state index contributed by atoms with van der Waals surface area (Å²) in [6.07, 6.45) is 2.18. The second-order valence-corrected chi connectivity index (χ2v) is 4.71. The first-order chi connectivity index (χ1) is 6.64. The fraction of sp³-hybridized carbons (Fsp3) is 0.700. The molecular formula is C10H19N3S. The summed E-state index contributed by atoms with van der Waals surface area (Å²) in [6.45, 7) is 5.91. The van der Waals surface area contributed by atoms with Crippen LogP contribution in [-0.4, -0.2) is 17.1 Å². The van der Waals surface area contributed by atoms with Crippen LogP contribution in [-0.2, 0) is 6.54 Å². The highest BCUT2D eigenvalue weighted by Crippen LogP contribution is 2.07. The summed E-state index contributed by atoms with van der Waals surface area (Å²) >= 11 is 1.63. The maximum atomic E-state index is 6.09. The molecular weight excluding hydrogens is 194 g/mol. The quantitative estimate of drug-likeness (QED) is 0.757. The Hall–Kier alpha value is -0.450. The molecule has 1 aromatic heterocycles. The van der Waals surface area contributed by atoms with E-state index in [2.05, 4.69) is 29.5 Å². The number of nitrogens with zero attached hydrogens (tertiary/aromatic N) is 1. The van der Waals surface area contributed by atoms with E-state index >= 15 is 0 Å². The van der Waals surface area contributed by atoms with Crippen LogP contribution in [0.15, 0.2) is 10.9 Å². The number of rotatable bonds is 6. The van der Waals surface area contributed by atoms with E-state index in [1.165, 1.54) is 0 Å². The molecule has 1 atom stereocenters. The van der Waals surface area contributed by atoms with Crippen molar-refractivity contribution in [2.75, 3.05) is 6.54 Å². The van der Waals surface area contributed by atoms with Crippen molar-refractivity contribution in [1.82, 2.24) is 10.3 Å². The monoisotopic (exact) mass is 213 g/mol. The molecule has 14 heavy (non-hydrogen) atoms. The lowest BCUT2D eigenvalue weighted by Gasteiger charge is -2.24. The van der Waals surface area contributed by atoms with Gasteiger partial charge in [0.15, 0.2) is 0 Å². The fourth-order valence-electron chi connectivity index (χ4n) is 1.46. The molecule has 3 nitrogen and oxygen atoms in total. The van der Waals surface area contributed by atoms with E-state index in [-0.39, 0.29) is 5.54 Å². The summed E-state index contributed by atoms with van der Waals surface area (Å²) in [6, 6.07) is 0. The largest absolute Gasteiger partial charge is 0.324 e. The third kappa shape index (κ3) is 4.17. The van der Waals surface area contributed by atoms with Crippen molar-refractivity contribution < 1.29 is 0 Å². The van der Waals surface area contributed by atoms with E-state index in [1.807, 2.05) is 5.51 Å². The third-order valence-corrected chi connectivity index (χ3v) is 2.77. The van der Waals surface area contributed by atoms with Crippen LogP contribution in [0.1, 0.15) is 32.4 Å². The van der Waals surface area contributed by atoms with E-state index in [0.717, 1.165) is 31.6 Å². The zero-order valence-corrected chi connectivity index (χ0v) is 9.73. The Morgan fingerprint density at radius 2 is 2.43 bits per heavy atom.